The number of aliphatic hydroxyl groups is 1. The molecular weight excluding hydrogens is 212 g/mol. The summed E-state index contributed by atoms with van der Waals surface area (Å²) in [7, 11) is 0. The molecule has 0 radical (unpaired) electrons. The highest BCUT2D eigenvalue weighted by atomic mass is 16.5. The Hall–Kier alpha value is -1.62. The van der Waals surface area contributed by atoms with E-state index in [9.17, 15) is 9.59 Å². The van der Waals surface area contributed by atoms with Crippen LogP contribution in [0, 0.1) is 0 Å². The lowest BCUT2D eigenvalue weighted by Crippen LogP contribution is -2.08. The van der Waals surface area contributed by atoms with Crippen molar-refractivity contribution in [3.8, 4) is 0 Å². The van der Waals surface area contributed by atoms with Crippen molar-refractivity contribution in [1.82, 2.24) is 0 Å². The molecule has 0 aliphatic rings. The molecule has 0 aliphatic heterocycles. The molecule has 92 valence electrons. The van der Waals surface area contributed by atoms with Gasteiger partial charge < -0.3 is 14.6 Å². The predicted octanol–water partition coefficient (Wildman–Crippen LogP) is 0.834. The second-order valence-electron chi connectivity index (χ2n) is 2.44. The van der Waals surface area contributed by atoms with Gasteiger partial charge in [-0.25, -0.2) is 9.59 Å². The van der Waals surface area contributed by atoms with Crippen LogP contribution in [-0.4, -0.2) is 36.9 Å². The van der Waals surface area contributed by atoms with Crippen LogP contribution < -0.4 is 0 Å². The largest absolute Gasteiger partial charge is 0.463 e. The van der Waals surface area contributed by atoms with Crippen LogP contribution in [0.25, 0.3) is 0 Å². The van der Waals surface area contributed by atoms with Gasteiger partial charge in [-0.15, -0.1) is 0 Å². The Kier molecular flexibility index (Phi) is 12.0. The molecule has 0 fully saturated rings. The van der Waals surface area contributed by atoms with Crippen LogP contribution in [0.3, 0.4) is 0 Å². The first kappa shape index (κ1) is 16.8. The van der Waals surface area contributed by atoms with Gasteiger partial charge >= 0.3 is 11.9 Å². The Morgan fingerprint density at radius 1 is 1.25 bits per heavy atom. The molecule has 0 saturated carbocycles. The maximum absolute atomic E-state index is 10.5. The molecule has 1 N–H and O–H groups in total. The molecule has 0 aromatic heterocycles. The molecule has 0 rings (SSSR count). The van der Waals surface area contributed by atoms with Crippen LogP contribution in [0.5, 0.6) is 0 Å². The molecular formula is C11H18O5. The van der Waals surface area contributed by atoms with Crippen molar-refractivity contribution in [2.75, 3.05) is 19.8 Å². The minimum atomic E-state index is -0.528. The SMILES string of the molecule is C=C(CO)C(=O)OCC.C=CC(=O)OCC. The lowest BCUT2D eigenvalue weighted by atomic mass is 10.3. The summed E-state index contributed by atoms with van der Waals surface area (Å²) in [5.74, 6) is -0.887. The van der Waals surface area contributed by atoms with Gasteiger partial charge in [0.05, 0.1) is 25.4 Å². The summed E-state index contributed by atoms with van der Waals surface area (Å²) in [6, 6.07) is 0. The lowest BCUT2D eigenvalue weighted by molar-refractivity contribution is -0.139. The van der Waals surface area contributed by atoms with Crippen LogP contribution in [0.4, 0.5) is 0 Å². The zero-order chi connectivity index (χ0) is 13.0. The van der Waals surface area contributed by atoms with E-state index in [0.717, 1.165) is 6.08 Å². The topological polar surface area (TPSA) is 72.8 Å². The maximum atomic E-state index is 10.5. The number of aliphatic hydroxyl groups excluding tert-OH is 1. The summed E-state index contributed by atoms with van der Waals surface area (Å²) < 4.78 is 8.93. The van der Waals surface area contributed by atoms with Gasteiger partial charge in [-0.1, -0.05) is 13.2 Å². The van der Waals surface area contributed by atoms with Gasteiger partial charge in [-0.2, -0.15) is 0 Å². The number of carbonyl (C=O) groups excluding carboxylic acids is 2. The highest BCUT2D eigenvalue weighted by Crippen LogP contribution is 1.90. The minimum absolute atomic E-state index is 0.0943. The fourth-order valence-electron chi connectivity index (χ4n) is 0.499. The number of hydrogen-bond donors (Lipinski definition) is 1. The van der Waals surface area contributed by atoms with E-state index >= 15 is 0 Å². The van der Waals surface area contributed by atoms with Gasteiger partial charge in [0, 0.05) is 6.08 Å². The second kappa shape index (κ2) is 11.5. The van der Waals surface area contributed by atoms with Crippen molar-refractivity contribution in [2.45, 2.75) is 13.8 Å². The molecule has 0 aliphatic carbocycles. The van der Waals surface area contributed by atoms with E-state index in [4.69, 9.17) is 5.11 Å². The number of hydrogen-bond acceptors (Lipinski definition) is 5. The Labute approximate surface area is 95.4 Å². The molecule has 0 aromatic rings. The van der Waals surface area contributed by atoms with E-state index in [1.54, 1.807) is 13.8 Å². The van der Waals surface area contributed by atoms with Crippen LogP contribution in [0.15, 0.2) is 24.8 Å². The van der Waals surface area contributed by atoms with Crippen LogP contribution in [0.1, 0.15) is 13.8 Å². The van der Waals surface area contributed by atoms with Crippen molar-refractivity contribution < 1.29 is 24.2 Å². The Bertz CT molecular complexity index is 245. The molecule has 0 amide bonds. The molecule has 0 heterocycles. The van der Waals surface area contributed by atoms with Crippen molar-refractivity contribution in [2.24, 2.45) is 0 Å². The second-order valence-corrected chi connectivity index (χ2v) is 2.44. The molecule has 0 saturated heterocycles. The first-order valence-electron chi connectivity index (χ1n) is 4.78. The fourth-order valence-corrected chi connectivity index (χ4v) is 0.499. The summed E-state index contributed by atoms with van der Waals surface area (Å²) in [4.78, 5) is 20.6. The smallest absolute Gasteiger partial charge is 0.335 e. The van der Waals surface area contributed by atoms with Gasteiger partial charge in [0.25, 0.3) is 0 Å². The molecule has 5 heteroatoms. The Morgan fingerprint density at radius 3 is 2.00 bits per heavy atom. The van der Waals surface area contributed by atoms with Gasteiger partial charge in [0.1, 0.15) is 0 Å². The van der Waals surface area contributed by atoms with Gasteiger partial charge in [-0.3, -0.25) is 0 Å². The fraction of sp³-hybridized carbons (Fsp3) is 0.455. The Balaban J connectivity index is 0. The summed E-state index contributed by atoms with van der Waals surface area (Å²) in [6.07, 6.45) is 1.14. The molecule has 0 aromatic carbocycles. The van der Waals surface area contributed by atoms with Crippen molar-refractivity contribution in [3.63, 3.8) is 0 Å². The van der Waals surface area contributed by atoms with Crippen LogP contribution in [-0.2, 0) is 19.1 Å². The average molecular weight is 230 g/mol. The predicted molar refractivity (Wildman–Crippen MR) is 59.7 cm³/mol. The number of rotatable bonds is 5. The normalized spacial score (nSPS) is 8.19. The first-order chi connectivity index (χ1) is 7.53. The van der Waals surface area contributed by atoms with Crippen molar-refractivity contribution >= 4 is 11.9 Å². The third kappa shape index (κ3) is 10.5. The number of esters is 2. The van der Waals surface area contributed by atoms with E-state index < -0.39 is 5.97 Å². The highest BCUT2D eigenvalue weighted by Gasteiger charge is 2.03. The zero-order valence-corrected chi connectivity index (χ0v) is 9.69. The Morgan fingerprint density at radius 2 is 1.75 bits per heavy atom. The summed E-state index contributed by atoms with van der Waals surface area (Å²) in [5.41, 5.74) is 0.0943. The molecule has 0 spiro atoms. The molecule has 5 nitrogen and oxygen atoms in total. The van der Waals surface area contributed by atoms with Gasteiger partial charge in [0.15, 0.2) is 0 Å². The average Bonchev–Trinajstić information content (AvgIpc) is 2.29. The third-order valence-electron chi connectivity index (χ3n) is 1.21. The molecule has 0 bridgehead atoms. The summed E-state index contributed by atoms with van der Waals surface area (Å²) in [5, 5.41) is 8.33. The van der Waals surface area contributed by atoms with Crippen molar-refractivity contribution in [1.29, 1.82) is 0 Å². The monoisotopic (exact) mass is 230 g/mol. The maximum Gasteiger partial charge on any atom is 0.335 e. The third-order valence-corrected chi connectivity index (χ3v) is 1.21. The molecule has 0 unspecified atom stereocenters. The van der Waals surface area contributed by atoms with Gasteiger partial charge in [0.2, 0.25) is 0 Å². The summed E-state index contributed by atoms with van der Waals surface area (Å²) >= 11 is 0. The number of carbonyl (C=O) groups is 2. The quantitative estimate of drug-likeness (QED) is 0.559. The van der Waals surface area contributed by atoms with Gasteiger partial charge in [-0.05, 0) is 13.8 Å². The van der Waals surface area contributed by atoms with E-state index in [-0.39, 0.29) is 18.1 Å². The standard InChI is InChI=1S/C6H10O3.C5H8O2/c1-3-9-6(8)5(2)4-7;1-3-5(6)7-4-2/h7H,2-4H2,1H3;3H,1,4H2,2H3. The van der Waals surface area contributed by atoms with E-state index in [1.165, 1.54) is 0 Å². The van der Waals surface area contributed by atoms with E-state index in [0.29, 0.717) is 13.2 Å². The highest BCUT2D eigenvalue weighted by molar-refractivity contribution is 5.87. The molecule has 16 heavy (non-hydrogen) atoms. The van der Waals surface area contributed by atoms with E-state index in [1.807, 2.05) is 0 Å². The molecule has 0 atom stereocenters. The number of ether oxygens (including phenoxy) is 2. The van der Waals surface area contributed by atoms with E-state index in [2.05, 4.69) is 22.6 Å². The minimum Gasteiger partial charge on any atom is -0.463 e. The first-order valence-corrected chi connectivity index (χ1v) is 4.78. The summed E-state index contributed by atoms with van der Waals surface area (Å²) in [6.45, 7) is 10.3. The van der Waals surface area contributed by atoms with Crippen LogP contribution in [0.2, 0.25) is 0 Å². The van der Waals surface area contributed by atoms with Crippen LogP contribution >= 0.6 is 0 Å². The lowest BCUT2D eigenvalue weighted by Gasteiger charge is -1.99. The zero-order valence-electron chi connectivity index (χ0n) is 9.69. The van der Waals surface area contributed by atoms with Crippen molar-refractivity contribution in [3.05, 3.63) is 24.8 Å².